The van der Waals surface area contributed by atoms with E-state index in [1.807, 2.05) is 7.05 Å². The van der Waals surface area contributed by atoms with Gasteiger partial charge in [-0.15, -0.1) is 0 Å². The predicted octanol–water partition coefficient (Wildman–Crippen LogP) is 0.346. The number of aromatic nitrogens is 2. The maximum atomic E-state index is 11.8. The molecule has 1 aromatic rings. The lowest BCUT2D eigenvalue weighted by Gasteiger charge is -2.27. The maximum Gasteiger partial charge on any atom is 0.328 e. The van der Waals surface area contributed by atoms with Gasteiger partial charge in [0, 0.05) is 38.0 Å². The van der Waals surface area contributed by atoms with Crippen molar-refractivity contribution >= 4 is 0 Å². The van der Waals surface area contributed by atoms with Crippen molar-refractivity contribution in [3.63, 3.8) is 0 Å². The molecule has 0 bridgehead atoms. The van der Waals surface area contributed by atoms with Gasteiger partial charge in [-0.1, -0.05) is 0 Å². The minimum Gasteiger partial charge on any atom is -0.377 e. The minimum atomic E-state index is -0.336. The van der Waals surface area contributed by atoms with Crippen LogP contribution in [-0.2, 0) is 11.3 Å². The quantitative estimate of drug-likeness (QED) is 0.845. The van der Waals surface area contributed by atoms with Crippen LogP contribution in [0.2, 0.25) is 0 Å². The van der Waals surface area contributed by atoms with E-state index in [-0.39, 0.29) is 17.4 Å². The molecule has 0 aliphatic carbocycles. The molecule has 0 radical (unpaired) electrons. The number of H-pyrrole nitrogens is 1. The summed E-state index contributed by atoms with van der Waals surface area (Å²) in [6, 6.07) is 1.45. The summed E-state index contributed by atoms with van der Waals surface area (Å²) in [7, 11) is 1.99. The molecular weight excluding hydrogens is 258 g/mol. The molecule has 0 spiro atoms. The lowest BCUT2D eigenvalue weighted by molar-refractivity contribution is -0.00188. The van der Waals surface area contributed by atoms with Crippen molar-refractivity contribution in [2.45, 2.75) is 38.8 Å². The highest BCUT2D eigenvalue weighted by atomic mass is 16.5. The van der Waals surface area contributed by atoms with E-state index in [4.69, 9.17) is 4.74 Å². The van der Waals surface area contributed by atoms with Crippen molar-refractivity contribution in [3.05, 3.63) is 32.6 Å². The van der Waals surface area contributed by atoms with Crippen LogP contribution in [0.4, 0.5) is 0 Å². The third-order valence-corrected chi connectivity index (χ3v) is 3.65. The Morgan fingerprint density at radius 3 is 2.90 bits per heavy atom. The third kappa shape index (κ3) is 4.05. The van der Waals surface area contributed by atoms with E-state index >= 15 is 0 Å². The number of ether oxygens (including phenoxy) is 1. The average molecular weight is 281 g/mol. The van der Waals surface area contributed by atoms with Crippen molar-refractivity contribution in [2.24, 2.45) is 0 Å². The highest BCUT2D eigenvalue weighted by molar-refractivity contribution is 4.96. The van der Waals surface area contributed by atoms with E-state index in [9.17, 15) is 9.59 Å². The zero-order valence-electron chi connectivity index (χ0n) is 12.2. The Bertz CT molecular complexity index is 512. The smallest absolute Gasteiger partial charge is 0.328 e. The summed E-state index contributed by atoms with van der Waals surface area (Å²) in [6.07, 6.45) is 3.74. The minimum absolute atomic E-state index is 0.242. The van der Waals surface area contributed by atoms with Gasteiger partial charge in [0.25, 0.3) is 5.56 Å². The predicted molar refractivity (Wildman–Crippen MR) is 77.1 cm³/mol. The molecule has 1 fully saturated rings. The molecule has 1 aliphatic heterocycles. The zero-order chi connectivity index (χ0) is 14.5. The average Bonchev–Trinajstić information content (AvgIpc) is 2.38. The molecule has 1 aromatic heterocycles. The molecule has 1 atom stereocenters. The molecule has 6 heteroatoms. The van der Waals surface area contributed by atoms with Gasteiger partial charge in [0.2, 0.25) is 0 Å². The molecule has 0 amide bonds. The van der Waals surface area contributed by atoms with E-state index in [1.165, 1.54) is 17.1 Å². The fraction of sp³-hybridized carbons (Fsp3) is 0.714. The Hall–Kier alpha value is -1.40. The van der Waals surface area contributed by atoms with Crippen LogP contribution in [-0.4, -0.2) is 47.3 Å². The molecule has 0 saturated carbocycles. The number of hydrogen-bond acceptors (Lipinski definition) is 4. The Kier molecular flexibility index (Phi) is 5.14. The Morgan fingerprint density at radius 2 is 2.25 bits per heavy atom. The molecule has 20 heavy (non-hydrogen) atoms. The van der Waals surface area contributed by atoms with Crippen molar-refractivity contribution in [1.82, 2.24) is 14.5 Å². The molecule has 0 aromatic carbocycles. The number of likely N-dealkylation sites (N-methyl/N-ethyl adjacent to an activating group) is 1. The topological polar surface area (TPSA) is 67.3 Å². The number of nitrogens with one attached hydrogen (secondary N) is 1. The van der Waals surface area contributed by atoms with Crippen LogP contribution in [0.5, 0.6) is 0 Å². The summed E-state index contributed by atoms with van der Waals surface area (Å²) >= 11 is 0. The second-order valence-corrected chi connectivity index (χ2v) is 5.50. The number of aryl methyl sites for hydroxylation is 1. The van der Waals surface area contributed by atoms with Crippen molar-refractivity contribution in [1.29, 1.82) is 0 Å². The SMILES string of the molecule is Cc1cc(=O)n(CCN(C)C[C@@H]2CCCCO2)c(=O)[nH]1. The van der Waals surface area contributed by atoms with Crippen LogP contribution in [0, 0.1) is 6.92 Å². The monoisotopic (exact) mass is 281 g/mol. The van der Waals surface area contributed by atoms with E-state index in [1.54, 1.807) is 6.92 Å². The molecule has 1 saturated heterocycles. The van der Waals surface area contributed by atoms with E-state index < -0.39 is 0 Å². The normalized spacial score (nSPS) is 19.4. The van der Waals surface area contributed by atoms with E-state index in [0.717, 1.165) is 26.0 Å². The van der Waals surface area contributed by atoms with Crippen molar-refractivity contribution < 1.29 is 4.74 Å². The van der Waals surface area contributed by atoms with Gasteiger partial charge in [-0.2, -0.15) is 0 Å². The van der Waals surface area contributed by atoms with Crippen LogP contribution < -0.4 is 11.2 Å². The third-order valence-electron chi connectivity index (χ3n) is 3.65. The van der Waals surface area contributed by atoms with Gasteiger partial charge in [-0.25, -0.2) is 4.79 Å². The van der Waals surface area contributed by atoms with Gasteiger partial charge in [0.05, 0.1) is 6.10 Å². The van der Waals surface area contributed by atoms with Crippen LogP contribution in [0.3, 0.4) is 0 Å². The zero-order valence-corrected chi connectivity index (χ0v) is 12.2. The highest BCUT2D eigenvalue weighted by Gasteiger charge is 2.15. The highest BCUT2D eigenvalue weighted by Crippen LogP contribution is 2.13. The van der Waals surface area contributed by atoms with Gasteiger partial charge >= 0.3 is 5.69 Å². The van der Waals surface area contributed by atoms with E-state index in [2.05, 4.69) is 9.88 Å². The first kappa shape index (κ1) is 15.0. The van der Waals surface area contributed by atoms with Crippen molar-refractivity contribution in [3.8, 4) is 0 Å². The molecule has 112 valence electrons. The standard InChI is InChI=1S/C14H23N3O3/c1-11-9-13(18)17(14(19)15-11)7-6-16(2)10-12-5-3-4-8-20-12/h9,12H,3-8,10H2,1-2H3,(H,15,19)/t12-/m0/s1. The van der Waals surface area contributed by atoms with Crippen LogP contribution in [0.1, 0.15) is 25.0 Å². The van der Waals surface area contributed by atoms with Gasteiger partial charge in [-0.05, 0) is 33.2 Å². The van der Waals surface area contributed by atoms with Gasteiger partial charge in [0.15, 0.2) is 0 Å². The van der Waals surface area contributed by atoms with Gasteiger partial charge in [0.1, 0.15) is 0 Å². The van der Waals surface area contributed by atoms with Crippen LogP contribution >= 0.6 is 0 Å². The molecule has 1 N–H and O–H groups in total. The number of hydrogen-bond donors (Lipinski definition) is 1. The van der Waals surface area contributed by atoms with Crippen LogP contribution in [0.25, 0.3) is 0 Å². The number of nitrogens with zero attached hydrogens (tertiary/aromatic N) is 2. The number of aromatic amines is 1. The Morgan fingerprint density at radius 1 is 1.45 bits per heavy atom. The Balaban J connectivity index is 1.88. The molecule has 0 unspecified atom stereocenters. The molecule has 6 nitrogen and oxygen atoms in total. The van der Waals surface area contributed by atoms with Crippen molar-refractivity contribution in [2.75, 3.05) is 26.7 Å². The first-order chi connectivity index (χ1) is 9.56. The largest absolute Gasteiger partial charge is 0.377 e. The number of rotatable bonds is 5. The summed E-state index contributed by atoms with van der Waals surface area (Å²) in [5.41, 5.74) is 0.0195. The van der Waals surface area contributed by atoms with Gasteiger partial charge < -0.3 is 14.6 Å². The fourth-order valence-electron chi connectivity index (χ4n) is 2.51. The van der Waals surface area contributed by atoms with Gasteiger partial charge in [-0.3, -0.25) is 9.36 Å². The lowest BCUT2D eigenvalue weighted by atomic mass is 10.1. The molecule has 1 aliphatic rings. The first-order valence-corrected chi connectivity index (χ1v) is 7.17. The molecular formula is C14H23N3O3. The lowest BCUT2D eigenvalue weighted by Crippen LogP contribution is -2.40. The molecule has 2 rings (SSSR count). The second-order valence-electron chi connectivity index (χ2n) is 5.50. The Labute approximate surface area is 118 Å². The maximum absolute atomic E-state index is 11.8. The summed E-state index contributed by atoms with van der Waals surface area (Å²) in [5.74, 6) is 0. The van der Waals surface area contributed by atoms with Crippen LogP contribution in [0.15, 0.2) is 15.7 Å². The summed E-state index contributed by atoms with van der Waals surface area (Å²) in [6.45, 7) is 4.46. The first-order valence-electron chi connectivity index (χ1n) is 7.17. The van der Waals surface area contributed by atoms with E-state index in [0.29, 0.717) is 18.8 Å². The second kappa shape index (κ2) is 6.85. The molecule has 2 heterocycles. The summed E-state index contributed by atoms with van der Waals surface area (Å²) in [5, 5.41) is 0. The summed E-state index contributed by atoms with van der Waals surface area (Å²) in [4.78, 5) is 28.3. The summed E-state index contributed by atoms with van der Waals surface area (Å²) < 4.78 is 6.93. The fourth-order valence-corrected chi connectivity index (χ4v) is 2.51.